The van der Waals surface area contributed by atoms with Crippen LogP contribution in [0, 0.1) is 20.8 Å². The van der Waals surface area contributed by atoms with Crippen molar-refractivity contribution in [1.82, 2.24) is 16.1 Å². The monoisotopic (exact) mass is 720 g/mol. The van der Waals surface area contributed by atoms with Crippen LogP contribution in [-0.2, 0) is 30.8 Å². The fourth-order valence-electron chi connectivity index (χ4n) is 6.64. The number of sulfonamides is 1. The first-order chi connectivity index (χ1) is 23.9. The highest BCUT2D eigenvalue weighted by Crippen LogP contribution is 2.45. The van der Waals surface area contributed by atoms with Gasteiger partial charge in [-0.1, -0.05) is 48.5 Å². The van der Waals surface area contributed by atoms with Gasteiger partial charge < -0.3 is 25.2 Å². The molecule has 0 radical (unpaired) electrons. The van der Waals surface area contributed by atoms with E-state index < -0.39 is 39.3 Å². The fraction of sp³-hybridized carbons (Fsp3) is 0.447. The lowest BCUT2D eigenvalue weighted by Gasteiger charge is -2.22. The lowest BCUT2D eigenvalue weighted by molar-refractivity contribution is -0.139. The molecule has 1 heterocycles. The second kappa shape index (κ2) is 14.5. The van der Waals surface area contributed by atoms with Crippen LogP contribution in [0.1, 0.15) is 86.8 Å². The number of carbonyl (C=O) groups excluding carboxylic acids is 1. The third-order valence-corrected chi connectivity index (χ3v) is 10.7. The Labute approximate surface area is 300 Å². The van der Waals surface area contributed by atoms with E-state index >= 15 is 0 Å². The molecule has 0 saturated carbocycles. The maximum Gasteiger partial charge on any atom is 0.407 e. The largest absolute Gasteiger partial charge is 0.487 e. The summed E-state index contributed by atoms with van der Waals surface area (Å²) in [5.41, 5.74) is 8.47. The molecule has 1 aliphatic carbocycles. The van der Waals surface area contributed by atoms with Gasteiger partial charge in [-0.2, -0.15) is 8.42 Å². The molecule has 0 aromatic heterocycles. The van der Waals surface area contributed by atoms with E-state index in [9.17, 15) is 23.1 Å². The van der Waals surface area contributed by atoms with Gasteiger partial charge in [0, 0.05) is 24.4 Å². The van der Waals surface area contributed by atoms with Crippen LogP contribution in [0.25, 0.3) is 11.1 Å². The van der Waals surface area contributed by atoms with E-state index in [1.165, 1.54) is 0 Å². The number of carboxylic acid groups (broad SMARTS) is 1. The molecule has 1 amide bonds. The maximum atomic E-state index is 13.9. The summed E-state index contributed by atoms with van der Waals surface area (Å²) in [6.45, 7) is 14.8. The Morgan fingerprint density at radius 2 is 1.61 bits per heavy atom. The van der Waals surface area contributed by atoms with Crippen LogP contribution in [0.5, 0.6) is 5.75 Å². The van der Waals surface area contributed by atoms with Crippen molar-refractivity contribution >= 4 is 28.0 Å². The summed E-state index contributed by atoms with van der Waals surface area (Å²) in [5.74, 6) is -0.833. The molecule has 0 unspecified atom stereocenters. The van der Waals surface area contributed by atoms with Crippen molar-refractivity contribution in [2.24, 2.45) is 4.40 Å². The summed E-state index contributed by atoms with van der Waals surface area (Å²) in [7, 11) is -4.24. The van der Waals surface area contributed by atoms with Gasteiger partial charge in [0.1, 0.15) is 24.0 Å². The van der Waals surface area contributed by atoms with E-state index in [-0.39, 0.29) is 42.8 Å². The number of aliphatic carboxylic acids is 1. The minimum absolute atomic E-state index is 0.0324. The number of nitrogens with one attached hydrogen (secondary N) is 3. The second-order valence-corrected chi connectivity index (χ2v) is 16.3. The Morgan fingerprint density at radius 3 is 2.20 bits per heavy atom. The molecule has 3 aromatic carbocycles. The summed E-state index contributed by atoms with van der Waals surface area (Å²) in [6.07, 6.45) is -0.00777. The first-order valence-corrected chi connectivity index (χ1v) is 18.5. The smallest absolute Gasteiger partial charge is 0.407 e. The van der Waals surface area contributed by atoms with Crippen molar-refractivity contribution in [3.63, 3.8) is 0 Å². The van der Waals surface area contributed by atoms with Gasteiger partial charge >= 0.3 is 12.1 Å². The van der Waals surface area contributed by atoms with Crippen LogP contribution < -0.4 is 20.9 Å². The number of hydroxylamine groups is 1. The molecular formula is C38H48N4O8S. The summed E-state index contributed by atoms with van der Waals surface area (Å²) < 4.78 is 43.5. The van der Waals surface area contributed by atoms with Gasteiger partial charge in [0.25, 0.3) is 10.0 Å². The zero-order valence-electron chi connectivity index (χ0n) is 30.5. The third-order valence-electron chi connectivity index (χ3n) is 9.11. The van der Waals surface area contributed by atoms with E-state index in [4.69, 9.17) is 14.3 Å². The Bertz CT molecular complexity index is 1920. The van der Waals surface area contributed by atoms with Gasteiger partial charge in [-0.25, -0.2) is 15.1 Å². The van der Waals surface area contributed by atoms with Gasteiger partial charge in [0.2, 0.25) is 5.96 Å². The number of fused-ring (bicyclic) bond motifs is 4. The molecule has 0 spiro atoms. The quantitative estimate of drug-likeness (QED) is 0.0793. The van der Waals surface area contributed by atoms with E-state index in [0.29, 0.717) is 23.3 Å². The predicted molar refractivity (Wildman–Crippen MR) is 195 cm³/mol. The Morgan fingerprint density at radius 1 is 1.00 bits per heavy atom. The molecular weight excluding hydrogens is 673 g/mol. The van der Waals surface area contributed by atoms with Gasteiger partial charge in [-0.05, 0) is 107 Å². The summed E-state index contributed by atoms with van der Waals surface area (Å²) in [5, 5.41) is 15.3. The van der Waals surface area contributed by atoms with Gasteiger partial charge in [-0.15, -0.1) is 4.40 Å². The maximum absolute atomic E-state index is 13.9. The lowest BCUT2D eigenvalue weighted by Crippen LogP contribution is -2.44. The number of guanidine groups is 1. The van der Waals surface area contributed by atoms with E-state index in [2.05, 4.69) is 20.5 Å². The topological polar surface area (TPSA) is 165 Å². The molecule has 0 bridgehead atoms. The average molecular weight is 721 g/mol. The Balaban J connectivity index is 1.23. The molecule has 2 aliphatic rings. The van der Waals surface area contributed by atoms with Gasteiger partial charge in [-0.3, -0.25) is 4.84 Å². The highest BCUT2D eigenvalue weighted by atomic mass is 32.2. The first kappa shape index (κ1) is 37.6. The van der Waals surface area contributed by atoms with Crippen molar-refractivity contribution in [2.45, 2.75) is 103 Å². The van der Waals surface area contributed by atoms with Gasteiger partial charge in [0.15, 0.2) is 0 Å². The van der Waals surface area contributed by atoms with Crippen molar-refractivity contribution in [2.75, 3.05) is 13.2 Å². The zero-order valence-corrected chi connectivity index (χ0v) is 31.3. The molecule has 1 aliphatic heterocycles. The highest BCUT2D eigenvalue weighted by molar-refractivity contribution is 7.90. The average Bonchev–Trinajstić information content (AvgIpc) is 3.56. The number of ether oxygens (including phenoxy) is 2. The first-order valence-electron chi connectivity index (χ1n) is 17.1. The van der Waals surface area contributed by atoms with Crippen molar-refractivity contribution in [3.05, 3.63) is 81.9 Å². The normalized spacial score (nSPS) is 15.6. The SMILES string of the molecule is Cc1c(C)c(S(=O)(=O)/N=C(/NCCC[C@H](NC(=O)OCC2c3ccccc3-c3ccccc32)C(=O)O)NOC(C)(C)C)c(C)c2c1OC(C)(C)C2. The number of nitrogens with zero attached hydrogens (tertiary/aromatic N) is 1. The van der Waals surface area contributed by atoms with Gasteiger partial charge in [0.05, 0.1) is 10.5 Å². The molecule has 0 saturated heterocycles. The molecule has 5 rings (SSSR count). The van der Waals surface area contributed by atoms with E-state index in [1.807, 2.05) is 69.3 Å². The Kier molecular flexibility index (Phi) is 10.7. The van der Waals surface area contributed by atoms with E-state index in [1.54, 1.807) is 34.6 Å². The van der Waals surface area contributed by atoms with Crippen LogP contribution in [0.4, 0.5) is 4.79 Å². The van der Waals surface area contributed by atoms with E-state index in [0.717, 1.165) is 33.4 Å². The number of benzene rings is 3. The molecule has 3 aromatic rings. The Hall–Kier alpha value is -4.62. The lowest BCUT2D eigenvalue weighted by atomic mass is 9.94. The second-order valence-electron chi connectivity index (χ2n) is 14.7. The van der Waals surface area contributed by atoms with Crippen molar-refractivity contribution in [3.8, 4) is 16.9 Å². The summed E-state index contributed by atoms with van der Waals surface area (Å²) in [6, 6.07) is 14.6. The van der Waals surface area contributed by atoms with Crippen molar-refractivity contribution < 1.29 is 37.4 Å². The van der Waals surface area contributed by atoms with Crippen LogP contribution in [-0.4, -0.2) is 61.9 Å². The molecule has 1 atom stereocenters. The predicted octanol–water partition coefficient (Wildman–Crippen LogP) is 6.05. The number of hydrogen-bond donors (Lipinski definition) is 4. The van der Waals surface area contributed by atoms with Crippen LogP contribution in [0.2, 0.25) is 0 Å². The zero-order chi connectivity index (χ0) is 37.3. The number of alkyl carbamates (subject to hydrolysis) is 1. The van der Waals surface area contributed by atoms with Crippen LogP contribution in [0.3, 0.4) is 0 Å². The third kappa shape index (κ3) is 8.48. The summed E-state index contributed by atoms with van der Waals surface area (Å²) >= 11 is 0. The van der Waals surface area contributed by atoms with Crippen LogP contribution >= 0.6 is 0 Å². The minimum Gasteiger partial charge on any atom is -0.487 e. The number of carbonyl (C=O) groups is 2. The van der Waals surface area contributed by atoms with Crippen LogP contribution in [0.15, 0.2) is 57.8 Å². The highest BCUT2D eigenvalue weighted by Gasteiger charge is 2.37. The fourth-order valence-corrected chi connectivity index (χ4v) is 8.12. The molecule has 4 N–H and O–H groups in total. The molecule has 0 fully saturated rings. The number of rotatable bonds is 11. The van der Waals surface area contributed by atoms with Crippen molar-refractivity contribution in [1.29, 1.82) is 0 Å². The number of hydrogen-bond acceptors (Lipinski definition) is 7. The molecule has 13 heteroatoms. The standard InChI is InChI=1S/C38H48N4O8S/c1-22-23(2)33(24(3)29-20-38(7,8)49-32(22)29)51(46,47)42-35(41-50-37(4,5)6)39-19-13-18-31(34(43)44)40-36(45)48-21-30-27-16-11-9-14-25(27)26-15-10-12-17-28(26)30/h9-12,14-17,30-31H,13,18-21H2,1-8H3,(H,40,45)(H,43,44)(H2,39,41,42)/t31-/m0/s1. The molecule has 51 heavy (non-hydrogen) atoms. The summed E-state index contributed by atoms with van der Waals surface area (Å²) in [4.78, 5) is 30.6. The number of carboxylic acids is 1. The molecule has 12 nitrogen and oxygen atoms in total. The minimum atomic E-state index is -4.24. The number of amides is 1. The molecule has 274 valence electrons.